The summed E-state index contributed by atoms with van der Waals surface area (Å²) in [6.45, 7) is 1.96. The summed E-state index contributed by atoms with van der Waals surface area (Å²) in [7, 11) is 0. The van der Waals surface area contributed by atoms with Crippen LogP contribution >= 0.6 is 0 Å². The average Bonchev–Trinajstić information content (AvgIpc) is 2.87. The average molecular weight is 247 g/mol. The molecular weight excluding hydrogens is 229 g/mol. The number of nitrogens with two attached hydrogens (primary N) is 1. The zero-order chi connectivity index (χ0) is 12.7. The fraction of sp³-hybridized carbons (Fsp3) is 0.500. The SMILES string of the molecule is N=C(N)c1c(F)cccc1N1CC2CCCC2C1. The molecule has 1 aliphatic heterocycles. The number of amidine groups is 1. The van der Waals surface area contributed by atoms with Crippen LogP contribution in [0, 0.1) is 23.1 Å². The Morgan fingerprint density at radius 3 is 2.56 bits per heavy atom. The van der Waals surface area contributed by atoms with Gasteiger partial charge in [-0.05, 0) is 36.8 Å². The van der Waals surface area contributed by atoms with Crippen molar-refractivity contribution in [2.24, 2.45) is 17.6 Å². The Morgan fingerprint density at radius 2 is 1.94 bits per heavy atom. The minimum absolute atomic E-state index is 0.180. The van der Waals surface area contributed by atoms with E-state index < -0.39 is 5.82 Å². The van der Waals surface area contributed by atoms with E-state index in [1.165, 1.54) is 25.3 Å². The Morgan fingerprint density at radius 1 is 1.28 bits per heavy atom. The van der Waals surface area contributed by atoms with Crippen LogP contribution in [-0.4, -0.2) is 18.9 Å². The summed E-state index contributed by atoms with van der Waals surface area (Å²) in [4.78, 5) is 2.20. The number of hydrogen-bond acceptors (Lipinski definition) is 2. The van der Waals surface area contributed by atoms with E-state index in [0.717, 1.165) is 30.6 Å². The molecule has 2 aliphatic rings. The van der Waals surface area contributed by atoms with Gasteiger partial charge in [0.05, 0.1) is 11.3 Å². The van der Waals surface area contributed by atoms with Crippen LogP contribution < -0.4 is 10.6 Å². The first-order chi connectivity index (χ1) is 8.66. The van der Waals surface area contributed by atoms with Crippen molar-refractivity contribution >= 4 is 11.5 Å². The Bertz CT molecular complexity index is 474. The molecule has 96 valence electrons. The monoisotopic (exact) mass is 247 g/mol. The molecule has 18 heavy (non-hydrogen) atoms. The van der Waals surface area contributed by atoms with Crippen molar-refractivity contribution in [3.05, 3.63) is 29.6 Å². The summed E-state index contributed by atoms with van der Waals surface area (Å²) >= 11 is 0. The van der Waals surface area contributed by atoms with Gasteiger partial charge in [0.25, 0.3) is 0 Å². The Labute approximate surface area is 106 Å². The first kappa shape index (κ1) is 11.5. The Hall–Kier alpha value is -1.58. The zero-order valence-electron chi connectivity index (χ0n) is 10.3. The molecule has 1 aromatic rings. The van der Waals surface area contributed by atoms with Crippen molar-refractivity contribution in [3.63, 3.8) is 0 Å². The van der Waals surface area contributed by atoms with Crippen molar-refractivity contribution in [1.82, 2.24) is 0 Å². The fourth-order valence-corrected chi connectivity index (χ4v) is 3.47. The lowest BCUT2D eigenvalue weighted by Crippen LogP contribution is -2.25. The smallest absolute Gasteiger partial charge is 0.136 e. The standard InChI is InChI=1S/C14H18FN3/c15-11-5-2-6-12(13(11)14(16)17)18-7-9-3-1-4-10(9)8-18/h2,5-6,9-10H,1,3-4,7-8H2,(H3,16,17). The van der Waals surface area contributed by atoms with Gasteiger partial charge in [0.15, 0.2) is 0 Å². The number of anilines is 1. The van der Waals surface area contributed by atoms with E-state index in [2.05, 4.69) is 4.90 Å². The molecule has 0 aromatic heterocycles. The normalized spacial score (nSPS) is 26.4. The quantitative estimate of drug-likeness (QED) is 0.622. The van der Waals surface area contributed by atoms with Crippen LogP contribution in [0.1, 0.15) is 24.8 Å². The van der Waals surface area contributed by atoms with Crippen LogP contribution in [0.4, 0.5) is 10.1 Å². The van der Waals surface area contributed by atoms with E-state index in [1.807, 2.05) is 6.07 Å². The van der Waals surface area contributed by atoms with Gasteiger partial charge in [-0.25, -0.2) is 4.39 Å². The van der Waals surface area contributed by atoms with Crippen molar-refractivity contribution in [2.75, 3.05) is 18.0 Å². The first-order valence-electron chi connectivity index (χ1n) is 6.54. The molecule has 1 aromatic carbocycles. The second-order valence-electron chi connectivity index (χ2n) is 5.40. The minimum atomic E-state index is -0.392. The van der Waals surface area contributed by atoms with E-state index >= 15 is 0 Å². The van der Waals surface area contributed by atoms with Gasteiger partial charge in [-0.2, -0.15) is 0 Å². The van der Waals surface area contributed by atoms with Crippen LogP contribution in [0.25, 0.3) is 0 Å². The van der Waals surface area contributed by atoms with Crippen LogP contribution in [0.2, 0.25) is 0 Å². The van der Waals surface area contributed by atoms with E-state index in [1.54, 1.807) is 6.07 Å². The highest BCUT2D eigenvalue weighted by atomic mass is 19.1. The van der Waals surface area contributed by atoms with Gasteiger partial charge in [-0.1, -0.05) is 12.5 Å². The van der Waals surface area contributed by atoms with Crippen LogP contribution in [-0.2, 0) is 0 Å². The summed E-state index contributed by atoms with van der Waals surface area (Å²) in [6, 6.07) is 4.95. The largest absolute Gasteiger partial charge is 0.384 e. The minimum Gasteiger partial charge on any atom is -0.384 e. The number of hydrogen-bond donors (Lipinski definition) is 2. The lowest BCUT2D eigenvalue weighted by atomic mass is 10.0. The predicted molar refractivity (Wildman–Crippen MR) is 70.5 cm³/mol. The van der Waals surface area contributed by atoms with E-state index in [-0.39, 0.29) is 11.4 Å². The molecule has 3 rings (SSSR count). The summed E-state index contributed by atoms with van der Waals surface area (Å²) in [5, 5.41) is 7.55. The second kappa shape index (κ2) is 4.26. The molecule has 1 saturated heterocycles. The Balaban J connectivity index is 1.93. The molecule has 2 unspecified atom stereocenters. The van der Waals surface area contributed by atoms with E-state index in [9.17, 15) is 4.39 Å². The molecular formula is C14H18FN3. The third-order valence-electron chi connectivity index (χ3n) is 4.33. The molecule has 1 aliphatic carbocycles. The molecule has 1 saturated carbocycles. The Kier molecular flexibility index (Phi) is 2.73. The molecule has 0 bridgehead atoms. The van der Waals surface area contributed by atoms with Gasteiger partial charge < -0.3 is 10.6 Å². The van der Waals surface area contributed by atoms with Crippen LogP contribution in [0.3, 0.4) is 0 Å². The van der Waals surface area contributed by atoms with Gasteiger partial charge in [-0.15, -0.1) is 0 Å². The molecule has 4 heteroatoms. The summed E-state index contributed by atoms with van der Waals surface area (Å²) in [5.41, 5.74) is 6.57. The lowest BCUT2D eigenvalue weighted by Gasteiger charge is -2.22. The number of nitrogens with zero attached hydrogens (tertiary/aromatic N) is 1. The third kappa shape index (κ3) is 1.76. The maximum atomic E-state index is 13.8. The number of nitrogens with one attached hydrogen (secondary N) is 1. The second-order valence-corrected chi connectivity index (χ2v) is 5.40. The first-order valence-corrected chi connectivity index (χ1v) is 6.54. The molecule has 0 amide bonds. The molecule has 3 nitrogen and oxygen atoms in total. The fourth-order valence-electron chi connectivity index (χ4n) is 3.47. The van der Waals surface area contributed by atoms with Crippen LogP contribution in [0.15, 0.2) is 18.2 Å². The highest BCUT2D eigenvalue weighted by Crippen LogP contribution is 2.40. The number of nitrogen functional groups attached to an aromatic ring is 1. The lowest BCUT2D eigenvalue weighted by molar-refractivity contribution is 0.494. The maximum Gasteiger partial charge on any atom is 0.136 e. The molecule has 2 atom stereocenters. The van der Waals surface area contributed by atoms with Gasteiger partial charge >= 0.3 is 0 Å². The van der Waals surface area contributed by atoms with Crippen LogP contribution in [0.5, 0.6) is 0 Å². The van der Waals surface area contributed by atoms with E-state index in [0.29, 0.717) is 0 Å². The van der Waals surface area contributed by atoms with Gasteiger partial charge in [-0.3, -0.25) is 5.41 Å². The van der Waals surface area contributed by atoms with Crippen molar-refractivity contribution in [3.8, 4) is 0 Å². The van der Waals surface area contributed by atoms with Crippen molar-refractivity contribution < 1.29 is 4.39 Å². The number of rotatable bonds is 2. The molecule has 0 radical (unpaired) electrons. The van der Waals surface area contributed by atoms with Gasteiger partial charge in [0.2, 0.25) is 0 Å². The molecule has 0 spiro atoms. The number of halogens is 1. The molecule has 3 N–H and O–H groups in total. The highest BCUT2D eigenvalue weighted by molar-refractivity contribution is 6.00. The summed E-state index contributed by atoms with van der Waals surface area (Å²) < 4.78 is 13.8. The highest BCUT2D eigenvalue weighted by Gasteiger charge is 2.37. The number of fused-ring (bicyclic) bond motifs is 1. The summed E-state index contributed by atoms with van der Waals surface area (Å²) in [5.74, 6) is 0.915. The summed E-state index contributed by atoms with van der Waals surface area (Å²) in [6.07, 6.45) is 3.89. The topological polar surface area (TPSA) is 53.1 Å². The molecule has 2 fully saturated rings. The van der Waals surface area contributed by atoms with E-state index in [4.69, 9.17) is 11.1 Å². The van der Waals surface area contributed by atoms with Crippen molar-refractivity contribution in [2.45, 2.75) is 19.3 Å². The third-order valence-corrected chi connectivity index (χ3v) is 4.33. The maximum absolute atomic E-state index is 13.8. The zero-order valence-corrected chi connectivity index (χ0v) is 10.3. The predicted octanol–water partition coefficient (Wildman–Crippen LogP) is 2.35. The van der Waals surface area contributed by atoms with Crippen molar-refractivity contribution in [1.29, 1.82) is 5.41 Å². The van der Waals surface area contributed by atoms with Gasteiger partial charge in [0.1, 0.15) is 11.7 Å². The number of benzene rings is 1. The van der Waals surface area contributed by atoms with Gasteiger partial charge in [0, 0.05) is 13.1 Å². The molecule has 1 heterocycles.